The maximum atomic E-state index is 13.6. The third-order valence-corrected chi connectivity index (χ3v) is 3.69. The Hall–Kier alpha value is -2.27. The molecule has 0 aliphatic carbocycles. The van der Waals surface area contributed by atoms with Gasteiger partial charge in [0.15, 0.2) is 0 Å². The van der Waals surface area contributed by atoms with E-state index < -0.39 is 6.10 Å². The molecule has 4 nitrogen and oxygen atoms in total. The van der Waals surface area contributed by atoms with Crippen molar-refractivity contribution in [2.75, 3.05) is 0 Å². The van der Waals surface area contributed by atoms with Crippen LogP contribution < -0.4 is 5.32 Å². The van der Waals surface area contributed by atoms with Gasteiger partial charge in [-0.3, -0.25) is 9.78 Å². The molecule has 2 N–H and O–H groups in total. The van der Waals surface area contributed by atoms with E-state index in [4.69, 9.17) is 0 Å². The molecule has 0 aliphatic heterocycles. The molecule has 24 heavy (non-hydrogen) atoms. The number of halogens is 1. The first-order valence-electron chi connectivity index (χ1n) is 8.13. The first kappa shape index (κ1) is 18.1. The highest BCUT2D eigenvalue weighted by atomic mass is 19.1. The molecule has 2 rings (SSSR count). The summed E-state index contributed by atoms with van der Waals surface area (Å²) in [7, 11) is 0. The lowest BCUT2D eigenvalue weighted by molar-refractivity contribution is 0.0940. The van der Waals surface area contributed by atoms with Gasteiger partial charge in [-0.05, 0) is 50.5 Å². The van der Waals surface area contributed by atoms with Crippen molar-refractivity contribution in [1.29, 1.82) is 0 Å². The molecule has 128 valence electrons. The van der Waals surface area contributed by atoms with Crippen molar-refractivity contribution >= 4 is 5.91 Å². The molecule has 5 heteroatoms. The zero-order chi connectivity index (χ0) is 17.5. The second-order valence-corrected chi connectivity index (χ2v) is 6.11. The van der Waals surface area contributed by atoms with E-state index in [9.17, 15) is 14.3 Å². The molecule has 0 saturated heterocycles. The van der Waals surface area contributed by atoms with Crippen LogP contribution in [-0.2, 0) is 12.8 Å². The number of aromatic nitrogens is 1. The van der Waals surface area contributed by atoms with Crippen LogP contribution in [0.3, 0.4) is 0 Å². The summed E-state index contributed by atoms with van der Waals surface area (Å²) in [5.41, 5.74) is 1.60. The molecule has 1 amide bonds. The van der Waals surface area contributed by atoms with Crippen LogP contribution in [0.1, 0.15) is 41.9 Å². The number of nitrogens with zero attached hydrogens (tertiary/aromatic N) is 1. The standard InChI is InChI=1S/C19H23FN2O2/c1-13(2)22-19(24)16-7-5-11-21-18(16)12-15(23)10-9-14-6-3-4-8-17(14)20/h3-8,11,13,15,23H,9-10,12H2,1-2H3,(H,22,24). The molecule has 0 radical (unpaired) electrons. The number of aryl methyl sites for hydroxylation is 1. The Bertz CT molecular complexity index is 689. The van der Waals surface area contributed by atoms with Gasteiger partial charge in [-0.1, -0.05) is 18.2 Å². The number of carbonyl (C=O) groups is 1. The fourth-order valence-corrected chi connectivity index (χ4v) is 2.50. The van der Waals surface area contributed by atoms with Gasteiger partial charge in [-0.25, -0.2) is 4.39 Å². The number of nitrogens with one attached hydrogen (secondary N) is 1. The van der Waals surface area contributed by atoms with Gasteiger partial charge in [0.25, 0.3) is 5.91 Å². The summed E-state index contributed by atoms with van der Waals surface area (Å²) >= 11 is 0. The molecule has 1 aromatic carbocycles. The topological polar surface area (TPSA) is 62.2 Å². The molecular formula is C19H23FN2O2. The van der Waals surface area contributed by atoms with Crippen molar-refractivity contribution in [3.63, 3.8) is 0 Å². The molecule has 1 unspecified atom stereocenters. The zero-order valence-corrected chi connectivity index (χ0v) is 14.0. The molecule has 0 spiro atoms. The lowest BCUT2D eigenvalue weighted by Crippen LogP contribution is -2.31. The highest BCUT2D eigenvalue weighted by Crippen LogP contribution is 2.14. The van der Waals surface area contributed by atoms with Gasteiger partial charge in [0.05, 0.1) is 17.4 Å². The Morgan fingerprint density at radius 2 is 2.00 bits per heavy atom. The number of hydrogen-bond donors (Lipinski definition) is 2. The summed E-state index contributed by atoms with van der Waals surface area (Å²) in [4.78, 5) is 16.4. The van der Waals surface area contributed by atoms with E-state index >= 15 is 0 Å². The molecule has 0 bridgehead atoms. The Morgan fingerprint density at radius 1 is 1.25 bits per heavy atom. The van der Waals surface area contributed by atoms with Crippen molar-refractivity contribution < 1.29 is 14.3 Å². The number of pyridine rings is 1. The second kappa shape index (κ2) is 8.55. The van der Waals surface area contributed by atoms with Gasteiger partial charge >= 0.3 is 0 Å². The predicted octanol–water partition coefficient (Wildman–Crippen LogP) is 2.90. The number of rotatable bonds is 7. The summed E-state index contributed by atoms with van der Waals surface area (Å²) in [5, 5.41) is 13.1. The van der Waals surface area contributed by atoms with Crippen molar-refractivity contribution in [1.82, 2.24) is 10.3 Å². The number of amides is 1. The maximum Gasteiger partial charge on any atom is 0.253 e. The normalized spacial score (nSPS) is 12.2. The first-order chi connectivity index (χ1) is 11.5. The van der Waals surface area contributed by atoms with Crippen molar-refractivity contribution in [2.45, 2.75) is 45.3 Å². The minimum atomic E-state index is -0.690. The van der Waals surface area contributed by atoms with Crippen LogP contribution in [-0.4, -0.2) is 28.1 Å². The van der Waals surface area contributed by atoms with Gasteiger partial charge in [0, 0.05) is 18.7 Å². The summed E-state index contributed by atoms with van der Waals surface area (Å²) < 4.78 is 13.6. The molecule has 0 aliphatic rings. The van der Waals surface area contributed by atoms with Gasteiger partial charge in [-0.15, -0.1) is 0 Å². The highest BCUT2D eigenvalue weighted by Gasteiger charge is 2.16. The number of benzene rings is 1. The van der Waals surface area contributed by atoms with Gasteiger partial charge in [0.1, 0.15) is 5.82 Å². The van der Waals surface area contributed by atoms with Crippen LogP contribution in [0.25, 0.3) is 0 Å². The number of aliphatic hydroxyl groups excluding tert-OH is 1. The van der Waals surface area contributed by atoms with Gasteiger partial charge in [-0.2, -0.15) is 0 Å². The Kier molecular flexibility index (Phi) is 6.44. The fraction of sp³-hybridized carbons (Fsp3) is 0.368. The SMILES string of the molecule is CC(C)NC(=O)c1cccnc1CC(O)CCc1ccccc1F. The Morgan fingerprint density at radius 3 is 2.71 bits per heavy atom. The minimum Gasteiger partial charge on any atom is -0.393 e. The number of aliphatic hydroxyl groups is 1. The monoisotopic (exact) mass is 330 g/mol. The first-order valence-corrected chi connectivity index (χ1v) is 8.13. The molecule has 1 heterocycles. The number of carbonyl (C=O) groups excluding carboxylic acids is 1. The van der Waals surface area contributed by atoms with E-state index in [0.717, 1.165) is 0 Å². The highest BCUT2D eigenvalue weighted by molar-refractivity contribution is 5.95. The smallest absolute Gasteiger partial charge is 0.253 e. The van der Waals surface area contributed by atoms with Crippen LogP contribution >= 0.6 is 0 Å². The molecule has 0 saturated carbocycles. The van der Waals surface area contributed by atoms with Crippen molar-refractivity contribution in [2.24, 2.45) is 0 Å². The van der Waals surface area contributed by atoms with Crippen LogP contribution in [0, 0.1) is 5.82 Å². The van der Waals surface area contributed by atoms with Crippen LogP contribution in [0.2, 0.25) is 0 Å². The summed E-state index contributed by atoms with van der Waals surface area (Å²) in [6, 6.07) is 9.96. The van der Waals surface area contributed by atoms with Crippen LogP contribution in [0.4, 0.5) is 4.39 Å². The third-order valence-electron chi connectivity index (χ3n) is 3.69. The van der Waals surface area contributed by atoms with Crippen molar-refractivity contribution in [3.8, 4) is 0 Å². The number of hydrogen-bond acceptors (Lipinski definition) is 3. The Balaban J connectivity index is 2.00. The molecular weight excluding hydrogens is 307 g/mol. The molecule has 2 aromatic rings. The minimum absolute atomic E-state index is 0.0246. The third kappa shape index (κ3) is 5.13. The quantitative estimate of drug-likeness (QED) is 0.820. The second-order valence-electron chi connectivity index (χ2n) is 6.11. The predicted molar refractivity (Wildman–Crippen MR) is 91.3 cm³/mol. The van der Waals surface area contributed by atoms with E-state index in [0.29, 0.717) is 29.7 Å². The largest absolute Gasteiger partial charge is 0.393 e. The van der Waals surface area contributed by atoms with E-state index in [1.807, 2.05) is 13.8 Å². The Labute approximate surface area is 141 Å². The summed E-state index contributed by atoms with van der Waals surface area (Å²) in [6.07, 6.45) is 2.02. The van der Waals surface area contributed by atoms with Crippen molar-refractivity contribution in [3.05, 3.63) is 65.2 Å². The zero-order valence-electron chi connectivity index (χ0n) is 14.0. The van der Waals surface area contributed by atoms with Crippen LogP contribution in [0.5, 0.6) is 0 Å². The lowest BCUT2D eigenvalue weighted by Gasteiger charge is -2.14. The van der Waals surface area contributed by atoms with E-state index in [1.165, 1.54) is 6.07 Å². The average molecular weight is 330 g/mol. The summed E-state index contributed by atoms with van der Waals surface area (Å²) in [5.74, 6) is -0.464. The average Bonchev–Trinajstić information content (AvgIpc) is 2.54. The van der Waals surface area contributed by atoms with E-state index in [1.54, 1.807) is 36.5 Å². The van der Waals surface area contributed by atoms with Crippen LogP contribution in [0.15, 0.2) is 42.6 Å². The van der Waals surface area contributed by atoms with Gasteiger partial charge < -0.3 is 10.4 Å². The summed E-state index contributed by atoms with van der Waals surface area (Å²) in [6.45, 7) is 3.77. The van der Waals surface area contributed by atoms with E-state index in [2.05, 4.69) is 10.3 Å². The van der Waals surface area contributed by atoms with E-state index in [-0.39, 0.29) is 24.2 Å². The lowest BCUT2D eigenvalue weighted by atomic mass is 10.0. The molecule has 0 fully saturated rings. The fourth-order valence-electron chi connectivity index (χ4n) is 2.50. The van der Waals surface area contributed by atoms with Gasteiger partial charge in [0.2, 0.25) is 0 Å². The molecule has 1 aromatic heterocycles. The maximum absolute atomic E-state index is 13.6. The molecule has 1 atom stereocenters.